The zero-order chi connectivity index (χ0) is 23.8. The lowest BCUT2D eigenvalue weighted by atomic mass is 10.1. The van der Waals surface area contributed by atoms with Crippen molar-refractivity contribution < 1.29 is 4.79 Å². The van der Waals surface area contributed by atoms with E-state index in [9.17, 15) is 4.79 Å². The molecule has 5 aromatic rings. The number of amides is 1. The van der Waals surface area contributed by atoms with E-state index in [1.807, 2.05) is 25.4 Å². The Bertz CT molecular complexity index is 1530. The van der Waals surface area contributed by atoms with E-state index in [0.717, 1.165) is 51.9 Å². The van der Waals surface area contributed by atoms with Crippen molar-refractivity contribution in [2.45, 2.75) is 32.6 Å². The van der Waals surface area contributed by atoms with Crippen LogP contribution in [-0.4, -0.2) is 49.1 Å². The lowest BCUT2D eigenvalue weighted by molar-refractivity contribution is -0.115. The number of hydrogen-bond acceptors (Lipinski definition) is 6. The molecule has 1 aliphatic heterocycles. The molecule has 0 radical (unpaired) electrons. The summed E-state index contributed by atoms with van der Waals surface area (Å²) in [5.41, 5.74) is 7.05. The number of nitrogens with zero attached hydrogens (tertiary/aromatic N) is 5. The fourth-order valence-corrected chi connectivity index (χ4v) is 4.74. The third-order valence-electron chi connectivity index (χ3n) is 6.58. The molecule has 0 saturated carbocycles. The first-order chi connectivity index (χ1) is 17.2. The molecule has 5 aromatic heterocycles. The Labute approximate surface area is 202 Å². The fraction of sp³-hybridized carbons (Fsp3) is 0.269. The molecule has 1 aliphatic rings. The Hall–Kier alpha value is -4.27. The SMILES string of the molecule is CCC(=O)Nc1cncc(-c2cnc3n[nH]c(-c4cc5c(N6CCCCC6)cncc5[nH]4)c3c2)c1. The van der Waals surface area contributed by atoms with Crippen LogP contribution in [0.4, 0.5) is 11.4 Å². The summed E-state index contributed by atoms with van der Waals surface area (Å²) in [7, 11) is 0. The van der Waals surface area contributed by atoms with E-state index in [1.165, 1.54) is 24.9 Å². The van der Waals surface area contributed by atoms with E-state index in [4.69, 9.17) is 0 Å². The largest absolute Gasteiger partial charge is 0.370 e. The van der Waals surface area contributed by atoms with Gasteiger partial charge in [-0.15, -0.1) is 0 Å². The molecule has 0 spiro atoms. The number of rotatable bonds is 5. The van der Waals surface area contributed by atoms with Crippen LogP contribution in [0.15, 0.2) is 49.2 Å². The van der Waals surface area contributed by atoms with Crippen LogP contribution in [0.1, 0.15) is 32.6 Å². The third kappa shape index (κ3) is 3.99. The van der Waals surface area contributed by atoms with Gasteiger partial charge in [-0.25, -0.2) is 4.98 Å². The number of anilines is 2. The lowest BCUT2D eigenvalue weighted by Gasteiger charge is -2.28. The predicted molar refractivity (Wildman–Crippen MR) is 137 cm³/mol. The summed E-state index contributed by atoms with van der Waals surface area (Å²) in [6.07, 6.45) is 13.2. The van der Waals surface area contributed by atoms with Crippen molar-refractivity contribution in [1.82, 2.24) is 30.1 Å². The highest BCUT2D eigenvalue weighted by atomic mass is 16.1. The van der Waals surface area contributed by atoms with Crippen LogP contribution in [0.5, 0.6) is 0 Å². The standard InChI is InChI=1S/C26H26N8O/c1-2-24(35)30-18-8-16(11-27-13-18)17-9-20-25(32-33-26(20)29-12-17)21-10-19-22(31-21)14-28-15-23(19)34-6-4-3-5-7-34/h8-15,31H,2-7H2,1H3,(H,30,35)(H,29,32,33). The van der Waals surface area contributed by atoms with Crippen molar-refractivity contribution in [3.8, 4) is 22.5 Å². The smallest absolute Gasteiger partial charge is 0.224 e. The minimum absolute atomic E-state index is 0.0492. The highest BCUT2D eigenvalue weighted by Crippen LogP contribution is 2.34. The molecule has 0 unspecified atom stereocenters. The number of H-pyrrole nitrogens is 2. The molecular formula is C26H26N8O. The quantitative estimate of drug-likeness (QED) is 0.339. The second-order valence-electron chi connectivity index (χ2n) is 8.91. The topological polar surface area (TPSA) is 115 Å². The molecule has 6 rings (SSSR count). The van der Waals surface area contributed by atoms with Gasteiger partial charge in [-0.3, -0.25) is 19.9 Å². The van der Waals surface area contributed by atoms with Crippen molar-refractivity contribution in [2.24, 2.45) is 0 Å². The molecule has 6 heterocycles. The maximum Gasteiger partial charge on any atom is 0.224 e. The first kappa shape index (κ1) is 21.3. The van der Waals surface area contributed by atoms with Gasteiger partial charge in [0, 0.05) is 53.8 Å². The molecule has 1 amide bonds. The number of aromatic nitrogens is 6. The second-order valence-corrected chi connectivity index (χ2v) is 8.91. The van der Waals surface area contributed by atoms with E-state index >= 15 is 0 Å². The predicted octanol–water partition coefficient (Wildman–Crippen LogP) is 4.90. The highest BCUT2D eigenvalue weighted by molar-refractivity contribution is 5.99. The molecule has 3 N–H and O–H groups in total. The van der Waals surface area contributed by atoms with Crippen LogP contribution in [-0.2, 0) is 4.79 Å². The summed E-state index contributed by atoms with van der Waals surface area (Å²) in [4.78, 5) is 31.1. The van der Waals surface area contributed by atoms with Gasteiger partial charge in [0.1, 0.15) is 0 Å². The van der Waals surface area contributed by atoms with Crippen LogP contribution in [0, 0.1) is 0 Å². The van der Waals surface area contributed by atoms with E-state index < -0.39 is 0 Å². The molecule has 0 atom stereocenters. The van der Waals surface area contributed by atoms with Crippen LogP contribution in [0.25, 0.3) is 44.5 Å². The van der Waals surface area contributed by atoms with Gasteiger partial charge in [0.2, 0.25) is 5.91 Å². The van der Waals surface area contributed by atoms with Gasteiger partial charge >= 0.3 is 0 Å². The number of hydrogen-bond donors (Lipinski definition) is 3. The van der Waals surface area contributed by atoms with E-state index in [-0.39, 0.29) is 5.91 Å². The first-order valence-corrected chi connectivity index (χ1v) is 12.0. The Morgan fingerprint density at radius 1 is 0.971 bits per heavy atom. The molecule has 0 aliphatic carbocycles. The van der Waals surface area contributed by atoms with E-state index in [2.05, 4.69) is 52.5 Å². The van der Waals surface area contributed by atoms with Gasteiger partial charge in [0.15, 0.2) is 5.65 Å². The number of nitrogens with one attached hydrogen (secondary N) is 3. The van der Waals surface area contributed by atoms with Crippen molar-refractivity contribution >= 4 is 39.2 Å². The van der Waals surface area contributed by atoms with Crippen molar-refractivity contribution in [3.05, 3.63) is 49.2 Å². The van der Waals surface area contributed by atoms with Gasteiger partial charge in [0.25, 0.3) is 0 Å². The zero-order valence-electron chi connectivity index (χ0n) is 19.5. The molecule has 0 bridgehead atoms. The van der Waals surface area contributed by atoms with Gasteiger partial charge in [-0.05, 0) is 37.5 Å². The Balaban J connectivity index is 1.39. The minimum Gasteiger partial charge on any atom is -0.370 e. The molecule has 176 valence electrons. The van der Waals surface area contributed by atoms with E-state index in [1.54, 1.807) is 18.6 Å². The summed E-state index contributed by atoms with van der Waals surface area (Å²) >= 11 is 0. The van der Waals surface area contributed by atoms with Crippen molar-refractivity contribution in [1.29, 1.82) is 0 Å². The minimum atomic E-state index is -0.0492. The Kier molecular flexibility index (Phi) is 5.36. The van der Waals surface area contributed by atoms with Crippen LogP contribution < -0.4 is 10.2 Å². The lowest BCUT2D eigenvalue weighted by Crippen LogP contribution is -2.29. The molecule has 9 heteroatoms. The number of pyridine rings is 3. The molecular weight excluding hydrogens is 440 g/mol. The monoisotopic (exact) mass is 466 g/mol. The van der Waals surface area contributed by atoms with Gasteiger partial charge < -0.3 is 15.2 Å². The molecule has 35 heavy (non-hydrogen) atoms. The molecule has 1 fully saturated rings. The summed E-state index contributed by atoms with van der Waals surface area (Å²) in [5.74, 6) is -0.0492. The number of carbonyl (C=O) groups excluding carboxylic acids is 1. The number of carbonyl (C=O) groups is 1. The van der Waals surface area contributed by atoms with E-state index in [0.29, 0.717) is 17.8 Å². The van der Waals surface area contributed by atoms with Gasteiger partial charge in [-0.2, -0.15) is 5.10 Å². The summed E-state index contributed by atoms with van der Waals surface area (Å²) < 4.78 is 0. The number of piperidine rings is 1. The van der Waals surface area contributed by atoms with Crippen LogP contribution in [0.3, 0.4) is 0 Å². The van der Waals surface area contributed by atoms with Crippen LogP contribution in [0.2, 0.25) is 0 Å². The molecule has 9 nitrogen and oxygen atoms in total. The van der Waals surface area contributed by atoms with Crippen molar-refractivity contribution in [2.75, 3.05) is 23.3 Å². The van der Waals surface area contributed by atoms with Gasteiger partial charge in [-0.1, -0.05) is 6.92 Å². The maximum atomic E-state index is 11.8. The highest BCUT2D eigenvalue weighted by Gasteiger charge is 2.18. The number of fused-ring (bicyclic) bond motifs is 2. The fourth-order valence-electron chi connectivity index (χ4n) is 4.74. The van der Waals surface area contributed by atoms with Crippen molar-refractivity contribution in [3.63, 3.8) is 0 Å². The van der Waals surface area contributed by atoms with Crippen LogP contribution >= 0.6 is 0 Å². The normalized spacial score (nSPS) is 14.0. The Morgan fingerprint density at radius 2 is 1.80 bits per heavy atom. The zero-order valence-corrected chi connectivity index (χ0v) is 19.5. The average Bonchev–Trinajstić information content (AvgIpc) is 3.53. The Morgan fingerprint density at radius 3 is 2.66 bits per heavy atom. The first-order valence-electron chi connectivity index (χ1n) is 12.0. The summed E-state index contributed by atoms with van der Waals surface area (Å²) in [5, 5.41) is 12.5. The second kappa shape index (κ2) is 8.83. The number of aromatic amines is 2. The maximum absolute atomic E-state index is 11.8. The molecule has 1 saturated heterocycles. The summed E-state index contributed by atoms with van der Waals surface area (Å²) in [6.45, 7) is 3.95. The average molecular weight is 467 g/mol. The molecule has 0 aromatic carbocycles. The third-order valence-corrected chi connectivity index (χ3v) is 6.58. The van der Waals surface area contributed by atoms with Gasteiger partial charge in [0.05, 0.1) is 46.9 Å². The summed E-state index contributed by atoms with van der Waals surface area (Å²) in [6, 6.07) is 6.13.